The molecule has 1 aliphatic heterocycles. The fraction of sp³-hybridized carbons (Fsp3) is 0.263. The molecule has 0 bridgehead atoms. The van der Waals surface area contributed by atoms with Crippen molar-refractivity contribution in [1.29, 1.82) is 0 Å². The molecule has 1 N–H and O–H groups in total. The van der Waals surface area contributed by atoms with E-state index in [1.807, 2.05) is 48.5 Å². The van der Waals surface area contributed by atoms with Gasteiger partial charge in [0.1, 0.15) is 6.04 Å². The molecule has 0 radical (unpaired) electrons. The molecule has 0 spiro atoms. The van der Waals surface area contributed by atoms with Crippen LogP contribution in [0.25, 0.3) is 0 Å². The molecule has 3 rings (SSSR count). The third-order valence-corrected chi connectivity index (χ3v) is 6.32. The predicted octanol–water partition coefficient (Wildman–Crippen LogP) is 3.82. The number of hydrogen-bond donors (Lipinski definition) is 1. The Bertz CT molecular complexity index is 794. The lowest BCUT2D eigenvalue weighted by Gasteiger charge is -2.24. The summed E-state index contributed by atoms with van der Waals surface area (Å²) >= 11 is 4.43. The molecule has 0 unspecified atom stereocenters. The van der Waals surface area contributed by atoms with Gasteiger partial charge in [-0.25, -0.2) is 0 Å². The van der Waals surface area contributed by atoms with E-state index in [1.54, 1.807) is 4.90 Å². The van der Waals surface area contributed by atoms with E-state index in [4.69, 9.17) is 0 Å². The maximum Gasteiger partial charge on any atom is 0.255 e. The summed E-state index contributed by atoms with van der Waals surface area (Å²) in [5, 5.41) is 2.99. The number of benzene rings is 2. The number of likely N-dealkylation sites (tertiary alicyclic amines) is 1. The number of nitrogens with zero attached hydrogens (tertiary/aromatic N) is 1. The Kier molecular flexibility index (Phi) is 6.32. The molecule has 2 aromatic rings. The van der Waals surface area contributed by atoms with Crippen LogP contribution in [0.1, 0.15) is 28.8 Å². The van der Waals surface area contributed by atoms with Gasteiger partial charge >= 0.3 is 0 Å². The lowest BCUT2D eigenvalue weighted by atomic mass is 10.1. The number of amides is 2. The first-order valence-corrected chi connectivity index (χ1v) is 10.3. The largest absolute Gasteiger partial charge is 0.350 e. The predicted molar refractivity (Wildman–Crippen MR) is 114 cm³/mol. The highest BCUT2D eigenvalue weighted by atomic mass is 127. The zero-order chi connectivity index (χ0) is 17.8. The Morgan fingerprint density at radius 1 is 1.04 bits per heavy atom. The Balaban J connectivity index is 1.69. The van der Waals surface area contributed by atoms with Gasteiger partial charge in [-0.05, 0) is 81.8 Å². The standard InChI is InChI=1S/C19H18I2N2O2/c20-15-8-3-1-6-13(15)12-22-18(24)17-10-5-11-23(17)19(25)14-7-2-4-9-16(14)21/h1-4,6-9,17H,5,10-12H2,(H,22,24)/t17-/m1/s1. The first-order valence-electron chi connectivity index (χ1n) is 8.14. The molecule has 0 aliphatic carbocycles. The zero-order valence-corrected chi connectivity index (χ0v) is 17.9. The highest BCUT2D eigenvalue weighted by Crippen LogP contribution is 2.23. The van der Waals surface area contributed by atoms with Crippen molar-refractivity contribution in [3.05, 3.63) is 66.8 Å². The number of rotatable bonds is 4. The van der Waals surface area contributed by atoms with Gasteiger partial charge < -0.3 is 10.2 Å². The molecule has 0 aromatic heterocycles. The number of halogens is 2. The minimum atomic E-state index is -0.384. The quantitative estimate of drug-likeness (QED) is 0.579. The Labute approximate surface area is 174 Å². The van der Waals surface area contributed by atoms with E-state index in [2.05, 4.69) is 50.5 Å². The molecule has 1 saturated heterocycles. The van der Waals surface area contributed by atoms with Gasteiger partial charge in [0.2, 0.25) is 5.91 Å². The molecule has 1 heterocycles. The number of carbonyl (C=O) groups is 2. The van der Waals surface area contributed by atoms with Crippen molar-refractivity contribution in [2.45, 2.75) is 25.4 Å². The lowest BCUT2D eigenvalue weighted by molar-refractivity contribution is -0.125. The topological polar surface area (TPSA) is 49.4 Å². The van der Waals surface area contributed by atoms with E-state index in [0.717, 1.165) is 19.1 Å². The van der Waals surface area contributed by atoms with Crippen molar-refractivity contribution in [3.63, 3.8) is 0 Å². The lowest BCUT2D eigenvalue weighted by Crippen LogP contribution is -2.46. The second-order valence-corrected chi connectivity index (χ2v) is 8.27. The summed E-state index contributed by atoms with van der Waals surface area (Å²) in [6.45, 7) is 1.12. The molecular formula is C19H18I2N2O2. The number of nitrogens with one attached hydrogen (secondary N) is 1. The van der Waals surface area contributed by atoms with Crippen molar-refractivity contribution in [1.82, 2.24) is 10.2 Å². The van der Waals surface area contributed by atoms with Crippen LogP contribution in [0.4, 0.5) is 0 Å². The minimum Gasteiger partial charge on any atom is -0.350 e. The summed E-state index contributed by atoms with van der Waals surface area (Å²) in [6.07, 6.45) is 1.57. The Morgan fingerprint density at radius 2 is 1.72 bits per heavy atom. The SMILES string of the molecule is O=C(NCc1ccccc1I)[C@H]1CCCN1C(=O)c1ccccc1I. The molecule has 1 aliphatic rings. The van der Waals surface area contributed by atoms with Crippen molar-refractivity contribution < 1.29 is 9.59 Å². The zero-order valence-electron chi connectivity index (χ0n) is 13.5. The van der Waals surface area contributed by atoms with Gasteiger partial charge in [-0.3, -0.25) is 9.59 Å². The van der Waals surface area contributed by atoms with Crippen LogP contribution >= 0.6 is 45.2 Å². The maximum atomic E-state index is 12.9. The normalized spacial score (nSPS) is 16.7. The smallest absolute Gasteiger partial charge is 0.255 e. The van der Waals surface area contributed by atoms with E-state index in [0.29, 0.717) is 25.1 Å². The Morgan fingerprint density at radius 3 is 2.44 bits per heavy atom. The van der Waals surface area contributed by atoms with Crippen LogP contribution < -0.4 is 5.32 Å². The van der Waals surface area contributed by atoms with Gasteiger partial charge in [0, 0.05) is 20.2 Å². The summed E-state index contributed by atoms with van der Waals surface area (Å²) in [4.78, 5) is 27.2. The second-order valence-electron chi connectivity index (χ2n) is 5.95. The molecule has 130 valence electrons. The molecule has 6 heteroatoms. The molecule has 4 nitrogen and oxygen atoms in total. The summed E-state index contributed by atoms with van der Waals surface area (Å²) in [5.41, 5.74) is 1.75. The van der Waals surface area contributed by atoms with Crippen LogP contribution in [-0.4, -0.2) is 29.3 Å². The second kappa shape index (κ2) is 8.48. The molecule has 2 aromatic carbocycles. The molecule has 0 saturated carbocycles. The van der Waals surface area contributed by atoms with E-state index in [1.165, 1.54) is 0 Å². The van der Waals surface area contributed by atoms with Crippen LogP contribution in [0, 0.1) is 7.14 Å². The number of carbonyl (C=O) groups excluding carboxylic acids is 2. The first-order chi connectivity index (χ1) is 12.1. The fourth-order valence-corrected chi connectivity index (χ4v) is 4.21. The molecule has 1 fully saturated rings. The van der Waals surface area contributed by atoms with Crippen LogP contribution in [0.15, 0.2) is 48.5 Å². The van der Waals surface area contributed by atoms with Gasteiger partial charge in [0.05, 0.1) is 5.56 Å². The number of hydrogen-bond acceptors (Lipinski definition) is 2. The first kappa shape index (κ1) is 18.6. The summed E-state index contributed by atoms with van der Waals surface area (Å²) in [5.74, 6) is -0.131. The average molecular weight is 560 g/mol. The van der Waals surface area contributed by atoms with E-state index in [-0.39, 0.29) is 17.9 Å². The van der Waals surface area contributed by atoms with Crippen molar-refractivity contribution in [2.75, 3.05) is 6.54 Å². The van der Waals surface area contributed by atoms with Crippen molar-refractivity contribution in [3.8, 4) is 0 Å². The third-order valence-electron chi connectivity index (χ3n) is 4.33. The van der Waals surface area contributed by atoms with Gasteiger partial charge in [0.25, 0.3) is 5.91 Å². The van der Waals surface area contributed by atoms with Crippen molar-refractivity contribution in [2.24, 2.45) is 0 Å². The van der Waals surface area contributed by atoms with Crippen LogP contribution in [0.5, 0.6) is 0 Å². The van der Waals surface area contributed by atoms with E-state index in [9.17, 15) is 9.59 Å². The third kappa shape index (κ3) is 4.33. The van der Waals surface area contributed by atoms with Gasteiger partial charge in [-0.1, -0.05) is 30.3 Å². The molecular weight excluding hydrogens is 542 g/mol. The minimum absolute atomic E-state index is 0.0584. The van der Waals surface area contributed by atoms with E-state index < -0.39 is 0 Å². The maximum absolute atomic E-state index is 12.9. The van der Waals surface area contributed by atoms with Crippen LogP contribution in [-0.2, 0) is 11.3 Å². The summed E-state index contributed by atoms with van der Waals surface area (Å²) in [6, 6.07) is 15.1. The summed E-state index contributed by atoms with van der Waals surface area (Å²) < 4.78 is 2.04. The van der Waals surface area contributed by atoms with Crippen LogP contribution in [0.2, 0.25) is 0 Å². The average Bonchev–Trinajstić information content (AvgIpc) is 3.10. The summed E-state index contributed by atoms with van der Waals surface area (Å²) in [7, 11) is 0. The highest BCUT2D eigenvalue weighted by Gasteiger charge is 2.34. The Hall–Kier alpha value is -1.16. The fourth-order valence-electron chi connectivity index (χ4n) is 3.01. The van der Waals surface area contributed by atoms with Gasteiger partial charge in [0.15, 0.2) is 0 Å². The van der Waals surface area contributed by atoms with Gasteiger partial charge in [-0.15, -0.1) is 0 Å². The van der Waals surface area contributed by atoms with Crippen molar-refractivity contribution >= 4 is 57.0 Å². The highest BCUT2D eigenvalue weighted by molar-refractivity contribution is 14.1. The molecule has 1 atom stereocenters. The van der Waals surface area contributed by atoms with E-state index >= 15 is 0 Å². The molecule has 2 amide bonds. The monoisotopic (exact) mass is 560 g/mol. The molecule has 25 heavy (non-hydrogen) atoms. The van der Waals surface area contributed by atoms with Gasteiger partial charge in [-0.2, -0.15) is 0 Å². The van der Waals surface area contributed by atoms with Crippen LogP contribution in [0.3, 0.4) is 0 Å².